The normalized spacial score (nSPS) is 14.7. The van der Waals surface area contributed by atoms with Crippen LogP contribution in [0.1, 0.15) is 34.3 Å². The van der Waals surface area contributed by atoms with Gasteiger partial charge in [-0.3, -0.25) is 9.59 Å². The molecular formula is C22H26N2O3. The molecule has 1 saturated heterocycles. The van der Waals surface area contributed by atoms with E-state index in [1.54, 1.807) is 7.11 Å². The van der Waals surface area contributed by atoms with Crippen LogP contribution in [-0.4, -0.2) is 43.0 Å². The van der Waals surface area contributed by atoms with Gasteiger partial charge in [-0.05, 0) is 49.6 Å². The van der Waals surface area contributed by atoms with Gasteiger partial charge in [-0.25, -0.2) is 0 Å². The molecule has 1 fully saturated rings. The van der Waals surface area contributed by atoms with Gasteiger partial charge in [0.1, 0.15) is 5.75 Å². The molecule has 0 unspecified atom stereocenters. The Labute approximate surface area is 160 Å². The summed E-state index contributed by atoms with van der Waals surface area (Å²) in [7, 11) is 1.63. The smallest absolute Gasteiger partial charge is 0.251 e. The first-order chi connectivity index (χ1) is 13.0. The highest BCUT2D eigenvalue weighted by Crippen LogP contribution is 2.16. The Morgan fingerprint density at radius 3 is 2.26 bits per heavy atom. The number of hydrogen-bond donors (Lipinski definition) is 1. The van der Waals surface area contributed by atoms with E-state index in [1.807, 2.05) is 60.4 Å². The van der Waals surface area contributed by atoms with Gasteiger partial charge in [0.2, 0.25) is 5.91 Å². The largest absolute Gasteiger partial charge is 0.497 e. The average Bonchev–Trinajstić information content (AvgIpc) is 2.69. The van der Waals surface area contributed by atoms with Crippen LogP contribution in [-0.2, 0) is 11.2 Å². The highest BCUT2D eigenvalue weighted by atomic mass is 16.5. The van der Waals surface area contributed by atoms with Crippen molar-refractivity contribution in [2.24, 2.45) is 0 Å². The van der Waals surface area contributed by atoms with Crippen molar-refractivity contribution in [1.82, 2.24) is 10.2 Å². The molecule has 2 aromatic rings. The first-order valence-corrected chi connectivity index (χ1v) is 9.33. The minimum Gasteiger partial charge on any atom is -0.497 e. The van der Waals surface area contributed by atoms with Crippen molar-refractivity contribution in [3.8, 4) is 5.75 Å². The molecule has 1 aliphatic heterocycles. The second-order valence-electron chi connectivity index (χ2n) is 7.02. The number of likely N-dealkylation sites (tertiary alicyclic amines) is 1. The molecule has 0 aromatic heterocycles. The van der Waals surface area contributed by atoms with Crippen molar-refractivity contribution in [2.45, 2.75) is 32.2 Å². The van der Waals surface area contributed by atoms with E-state index in [4.69, 9.17) is 4.74 Å². The number of aryl methyl sites for hydroxylation is 1. The Bertz CT molecular complexity index is 776. The number of amides is 2. The lowest BCUT2D eigenvalue weighted by Gasteiger charge is -2.32. The molecule has 27 heavy (non-hydrogen) atoms. The maximum absolute atomic E-state index is 12.5. The zero-order valence-corrected chi connectivity index (χ0v) is 15.9. The van der Waals surface area contributed by atoms with Gasteiger partial charge in [0.25, 0.3) is 5.91 Å². The molecule has 0 radical (unpaired) electrons. The van der Waals surface area contributed by atoms with Crippen LogP contribution in [0.5, 0.6) is 5.75 Å². The lowest BCUT2D eigenvalue weighted by Crippen LogP contribution is -2.47. The minimum absolute atomic E-state index is 0.0435. The van der Waals surface area contributed by atoms with Gasteiger partial charge >= 0.3 is 0 Å². The van der Waals surface area contributed by atoms with E-state index < -0.39 is 0 Å². The molecule has 0 atom stereocenters. The third-order valence-electron chi connectivity index (χ3n) is 5.01. The van der Waals surface area contributed by atoms with Crippen molar-refractivity contribution in [2.75, 3.05) is 20.2 Å². The molecule has 142 valence electrons. The first-order valence-electron chi connectivity index (χ1n) is 9.33. The number of piperidine rings is 1. The van der Waals surface area contributed by atoms with E-state index >= 15 is 0 Å². The third kappa shape index (κ3) is 5.09. The van der Waals surface area contributed by atoms with Crippen LogP contribution in [0.15, 0.2) is 48.5 Å². The lowest BCUT2D eigenvalue weighted by molar-refractivity contribution is -0.131. The summed E-state index contributed by atoms with van der Waals surface area (Å²) in [5.74, 6) is 0.873. The van der Waals surface area contributed by atoms with Crippen molar-refractivity contribution in [3.05, 3.63) is 65.2 Å². The van der Waals surface area contributed by atoms with E-state index in [9.17, 15) is 9.59 Å². The van der Waals surface area contributed by atoms with Crippen molar-refractivity contribution in [1.29, 1.82) is 0 Å². The van der Waals surface area contributed by atoms with E-state index in [0.717, 1.165) is 29.7 Å². The monoisotopic (exact) mass is 366 g/mol. The number of nitrogens with one attached hydrogen (secondary N) is 1. The second kappa shape index (κ2) is 8.71. The highest BCUT2D eigenvalue weighted by Gasteiger charge is 2.24. The van der Waals surface area contributed by atoms with E-state index in [1.165, 1.54) is 0 Å². The molecule has 0 aliphatic carbocycles. The van der Waals surface area contributed by atoms with Gasteiger partial charge < -0.3 is 15.0 Å². The van der Waals surface area contributed by atoms with Crippen LogP contribution in [0, 0.1) is 6.92 Å². The lowest BCUT2D eigenvalue weighted by atomic mass is 10.0. The molecule has 1 N–H and O–H groups in total. The van der Waals surface area contributed by atoms with E-state index in [2.05, 4.69) is 5.32 Å². The molecule has 0 spiro atoms. The summed E-state index contributed by atoms with van der Waals surface area (Å²) in [6, 6.07) is 15.3. The van der Waals surface area contributed by atoms with Gasteiger partial charge in [0.05, 0.1) is 13.5 Å². The Morgan fingerprint density at radius 1 is 1.04 bits per heavy atom. The Hall–Kier alpha value is -2.82. The zero-order valence-electron chi connectivity index (χ0n) is 15.9. The molecule has 2 amide bonds. The van der Waals surface area contributed by atoms with E-state index in [-0.39, 0.29) is 17.9 Å². The summed E-state index contributed by atoms with van der Waals surface area (Å²) < 4.78 is 5.14. The molecule has 5 nitrogen and oxygen atoms in total. The second-order valence-corrected chi connectivity index (χ2v) is 7.02. The summed E-state index contributed by atoms with van der Waals surface area (Å²) in [5, 5.41) is 3.09. The molecule has 5 heteroatoms. The van der Waals surface area contributed by atoms with Crippen LogP contribution >= 0.6 is 0 Å². The van der Waals surface area contributed by atoms with Crippen molar-refractivity contribution < 1.29 is 14.3 Å². The maximum Gasteiger partial charge on any atom is 0.251 e. The maximum atomic E-state index is 12.5. The van der Waals surface area contributed by atoms with Gasteiger partial charge in [0, 0.05) is 24.7 Å². The number of carbonyl (C=O) groups is 2. The summed E-state index contributed by atoms with van der Waals surface area (Å²) in [6.07, 6.45) is 1.96. The van der Waals surface area contributed by atoms with Crippen molar-refractivity contribution >= 4 is 11.8 Å². The van der Waals surface area contributed by atoms with Gasteiger partial charge in [-0.2, -0.15) is 0 Å². The van der Waals surface area contributed by atoms with E-state index in [0.29, 0.717) is 25.1 Å². The van der Waals surface area contributed by atoms with Gasteiger partial charge in [-0.1, -0.05) is 29.8 Å². The zero-order chi connectivity index (χ0) is 19.2. The molecule has 2 aromatic carbocycles. The topological polar surface area (TPSA) is 58.6 Å². The van der Waals surface area contributed by atoms with Crippen LogP contribution in [0.25, 0.3) is 0 Å². The fraction of sp³-hybridized carbons (Fsp3) is 0.364. The van der Waals surface area contributed by atoms with Crippen molar-refractivity contribution in [3.63, 3.8) is 0 Å². The third-order valence-corrected chi connectivity index (χ3v) is 5.01. The quantitative estimate of drug-likeness (QED) is 0.885. The summed E-state index contributed by atoms with van der Waals surface area (Å²) in [4.78, 5) is 26.7. The molecule has 0 bridgehead atoms. The average molecular weight is 366 g/mol. The number of rotatable bonds is 5. The predicted molar refractivity (Wildman–Crippen MR) is 105 cm³/mol. The molecule has 1 aliphatic rings. The molecule has 1 heterocycles. The number of methoxy groups -OCH3 is 1. The fourth-order valence-electron chi connectivity index (χ4n) is 3.28. The van der Waals surface area contributed by atoms with Crippen LogP contribution in [0.3, 0.4) is 0 Å². The van der Waals surface area contributed by atoms with Crippen LogP contribution in [0.2, 0.25) is 0 Å². The summed E-state index contributed by atoms with van der Waals surface area (Å²) in [6.45, 7) is 3.35. The minimum atomic E-state index is -0.0435. The Morgan fingerprint density at radius 2 is 1.67 bits per heavy atom. The highest BCUT2D eigenvalue weighted by molar-refractivity contribution is 5.94. The molecular weight excluding hydrogens is 340 g/mol. The molecule has 3 rings (SSSR count). The number of ether oxygens (including phenoxy) is 1. The predicted octanol–water partition coefficient (Wildman–Crippen LogP) is 2.97. The standard InChI is InChI=1S/C22H26N2O3/c1-16-3-7-18(8-4-16)22(26)23-19-11-13-24(14-12-19)21(25)15-17-5-9-20(27-2)10-6-17/h3-10,19H,11-15H2,1-2H3,(H,23,26). The first kappa shape index (κ1) is 19.0. The number of carbonyl (C=O) groups excluding carboxylic acids is 2. The van der Waals surface area contributed by atoms with Crippen LogP contribution < -0.4 is 10.1 Å². The number of benzene rings is 2. The fourth-order valence-corrected chi connectivity index (χ4v) is 3.28. The number of hydrogen-bond acceptors (Lipinski definition) is 3. The summed E-state index contributed by atoms with van der Waals surface area (Å²) in [5.41, 5.74) is 2.80. The Kier molecular flexibility index (Phi) is 6.12. The van der Waals surface area contributed by atoms with Gasteiger partial charge in [-0.15, -0.1) is 0 Å². The summed E-state index contributed by atoms with van der Waals surface area (Å²) >= 11 is 0. The Balaban J connectivity index is 1.47. The van der Waals surface area contributed by atoms with Gasteiger partial charge in [0.15, 0.2) is 0 Å². The number of nitrogens with zero attached hydrogens (tertiary/aromatic N) is 1. The molecule has 0 saturated carbocycles. The van der Waals surface area contributed by atoms with Crippen LogP contribution in [0.4, 0.5) is 0 Å². The SMILES string of the molecule is COc1ccc(CC(=O)N2CCC(NC(=O)c3ccc(C)cc3)CC2)cc1.